The van der Waals surface area contributed by atoms with E-state index in [9.17, 15) is 0 Å². The van der Waals surface area contributed by atoms with Crippen LogP contribution in [0.15, 0.2) is 0 Å². The molecular formula is H14Cr2O15P2. The second-order valence-corrected chi connectivity index (χ2v) is 2.68. The predicted molar refractivity (Wildman–Crippen MR) is 40.5 cm³/mol. The van der Waals surface area contributed by atoms with Crippen LogP contribution in [0.25, 0.3) is 0 Å². The summed E-state index contributed by atoms with van der Waals surface area (Å²) in [5, 5.41) is 0. The summed E-state index contributed by atoms with van der Waals surface area (Å²) in [4.78, 5) is 51.3. The van der Waals surface area contributed by atoms with Gasteiger partial charge in [-0.3, -0.25) is 0 Å². The molecular weight excluding hydrogens is 406 g/mol. The monoisotopic (exact) mass is 420 g/mol. The Morgan fingerprint density at radius 1 is 0.421 bits per heavy atom. The predicted octanol–water partition coefficient (Wildman–Crippen LogP) is -11.4. The molecule has 0 amide bonds. The first-order valence-corrected chi connectivity index (χ1v) is 4.38. The van der Waals surface area contributed by atoms with E-state index in [1.165, 1.54) is 0 Å². The maximum absolute atomic E-state index is 8.55. The van der Waals surface area contributed by atoms with Crippen molar-refractivity contribution in [3.8, 4) is 0 Å². The molecule has 2 radical (unpaired) electrons. The molecule has 14 N–H and O–H groups in total. The van der Waals surface area contributed by atoms with Crippen LogP contribution in [0.4, 0.5) is 0 Å². The van der Waals surface area contributed by atoms with E-state index in [0.717, 1.165) is 0 Å². The molecule has 126 valence electrons. The molecule has 0 aromatic carbocycles. The molecule has 15 nitrogen and oxygen atoms in total. The molecule has 0 heterocycles. The first-order chi connectivity index (χ1) is 4.00. The molecule has 19 heteroatoms. The summed E-state index contributed by atoms with van der Waals surface area (Å²) in [6.07, 6.45) is 0. The van der Waals surface area contributed by atoms with Crippen LogP contribution in [0.2, 0.25) is 0 Å². The molecule has 0 aliphatic carbocycles. The van der Waals surface area contributed by atoms with E-state index in [4.69, 9.17) is 38.5 Å². The van der Waals surface area contributed by atoms with Gasteiger partial charge in [0.2, 0.25) is 0 Å². The largest absolute Gasteiger partial charge is 3.00 e. The van der Waals surface area contributed by atoms with Crippen LogP contribution in [-0.2, 0) is 43.9 Å². The van der Waals surface area contributed by atoms with E-state index in [0.29, 0.717) is 0 Å². The van der Waals surface area contributed by atoms with E-state index in [-0.39, 0.29) is 73.1 Å². The minimum atomic E-state index is -5.39. The third-order valence-corrected chi connectivity index (χ3v) is 0. The first kappa shape index (κ1) is 89.1. The molecule has 19 heavy (non-hydrogen) atoms. The number of rotatable bonds is 0. The van der Waals surface area contributed by atoms with Crippen molar-refractivity contribution in [2.24, 2.45) is 0 Å². The maximum atomic E-state index is 8.55. The van der Waals surface area contributed by atoms with Crippen molar-refractivity contribution in [3.63, 3.8) is 0 Å². The molecule has 0 rings (SSSR count). The molecule has 0 aliphatic heterocycles. The van der Waals surface area contributed by atoms with E-state index >= 15 is 0 Å². The van der Waals surface area contributed by atoms with Gasteiger partial charge >= 0.3 is 34.7 Å². The Bertz CT molecular complexity index is 130. The Hall–Kier alpha value is 1.00. The van der Waals surface area contributed by atoms with Gasteiger partial charge in [-0.2, -0.15) is 15.6 Å². The summed E-state index contributed by atoms with van der Waals surface area (Å²) in [6.45, 7) is 0. The molecule has 0 aromatic heterocycles. The summed E-state index contributed by atoms with van der Waals surface area (Å²) >= 11 is 0. The zero-order chi connectivity index (χ0) is 9.00. The topological polar surface area (TPSA) is 393 Å². The Kier molecular flexibility index (Phi) is 171. The van der Waals surface area contributed by atoms with Crippen molar-refractivity contribution in [1.29, 1.82) is 0 Å². The second kappa shape index (κ2) is 36.4. The van der Waals surface area contributed by atoms with Crippen LogP contribution in [0.1, 0.15) is 0 Å². The standard InChI is InChI=1S/2Cr.2H3O4P.7H2O/c;;2*1-5(2,3)4;;;;;;;/h;;2*(H3,1,2,3,4);7*1H2/q2*+3;;;;;;;;;/p-6. The van der Waals surface area contributed by atoms with Gasteiger partial charge in [0.1, 0.15) is 0 Å². The van der Waals surface area contributed by atoms with Gasteiger partial charge in [-0.25, -0.2) is 0 Å². The SMILES string of the molecule is O.O.O.O.O.O.O.O=P([O-])([O-])[O-].O=P([O-])([O-])[O-].[Cr+3].[Cr+3]. The average Bonchev–Trinajstić information content (AvgIpc) is 1.12. The van der Waals surface area contributed by atoms with Gasteiger partial charge in [0, 0.05) is 0 Å². The van der Waals surface area contributed by atoms with Crippen molar-refractivity contribution >= 4 is 15.6 Å². The van der Waals surface area contributed by atoms with Crippen molar-refractivity contribution in [2.75, 3.05) is 0 Å². The van der Waals surface area contributed by atoms with Crippen LogP contribution in [0, 0.1) is 0 Å². The van der Waals surface area contributed by atoms with E-state index in [1.807, 2.05) is 0 Å². The fraction of sp³-hybridized carbons (Fsp3) is 0. The third-order valence-electron chi connectivity index (χ3n) is 0. The maximum Gasteiger partial charge on any atom is 3.00 e. The number of phosphoric acid groups is 2. The number of hydrogen-bond acceptors (Lipinski definition) is 8. The summed E-state index contributed by atoms with van der Waals surface area (Å²) in [5.74, 6) is 0. The molecule has 0 atom stereocenters. The molecule has 0 fully saturated rings. The minimum absolute atomic E-state index is 0. The van der Waals surface area contributed by atoms with Gasteiger partial charge in [-0.1, -0.05) is 0 Å². The molecule has 0 saturated carbocycles. The van der Waals surface area contributed by atoms with Crippen LogP contribution in [0.5, 0.6) is 0 Å². The van der Waals surface area contributed by atoms with Gasteiger partial charge in [0.15, 0.2) is 0 Å². The zero-order valence-electron chi connectivity index (χ0n) is 8.48. The molecule has 0 bridgehead atoms. The van der Waals surface area contributed by atoms with E-state index in [2.05, 4.69) is 0 Å². The fourth-order valence-corrected chi connectivity index (χ4v) is 0. The summed E-state index contributed by atoms with van der Waals surface area (Å²) in [6, 6.07) is 0. The average molecular weight is 420 g/mol. The van der Waals surface area contributed by atoms with Gasteiger partial charge in [-0.15, -0.1) is 0 Å². The van der Waals surface area contributed by atoms with Gasteiger partial charge in [-0.05, 0) is 0 Å². The molecule has 0 aromatic rings. The smallest absolute Gasteiger partial charge is 0.822 e. The summed E-state index contributed by atoms with van der Waals surface area (Å²) in [7, 11) is -10.8. The van der Waals surface area contributed by atoms with Crippen LogP contribution in [-0.4, -0.2) is 38.3 Å². The molecule has 0 unspecified atom stereocenters. The quantitative estimate of drug-likeness (QED) is 0.337. The van der Waals surface area contributed by atoms with Crippen molar-refractivity contribution in [2.45, 2.75) is 0 Å². The Morgan fingerprint density at radius 3 is 0.421 bits per heavy atom. The van der Waals surface area contributed by atoms with Gasteiger partial charge in [0.25, 0.3) is 0 Å². The Morgan fingerprint density at radius 2 is 0.421 bits per heavy atom. The molecule has 0 spiro atoms. The minimum Gasteiger partial charge on any atom is -0.822 e. The second-order valence-electron chi connectivity index (χ2n) is 0.894. The molecule has 0 saturated heterocycles. The first-order valence-electron chi connectivity index (χ1n) is 1.46. The summed E-state index contributed by atoms with van der Waals surface area (Å²) < 4.78 is 17.1. The van der Waals surface area contributed by atoms with E-state index in [1.54, 1.807) is 0 Å². The normalized spacial score (nSPS) is 6.21. The van der Waals surface area contributed by atoms with Crippen LogP contribution < -0.4 is 29.4 Å². The fourth-order valence-electron chi connectivity index (χ4n) is 0. The Balaban J connectivity index is -0.00000000508. The van der Waals surface area contributed by atoms with Crippen LogP contribution in [0.3, 0.4) is 0 Å². The van der Waals surface area contributed by atoms with E-state index < -0.39 is 15.6 Å². The van der Waals surface area contributed by atoms with Crippen molar-refractivity contribution in [1.82, 2.24) is 0 Å². The molecule has 0 aliphatic rings. The van der Waals surface area contributed by atoms with Crippen LogP contribution >= 0.6 is 15.6 Å². The third kappa shape index (κ3) is 5440. The zero-order valence-corrected chi connectivity index (χ0v) is 12.8. The summed E-state index contributed by atoms with van der Waals surface area (Å²) in [5.41, 5.74) is 0. The van der Waals surface area contributed by atoms with Crippen molar-refractivity contribution in [3.05, 3.63) is 0 Å². The number of hydrogen-bond donors (Lipinski definition) is 0. The van der Waals surface area contributed by atoms with Gasteiger partial charge in [0.05, 0.1) is 0 Å². The van der Waals surface area contributed by atoms with Crippen molar-refractivity contribution < 1.29 is 112 Å². The van der Waals surface area contributed by atoms with Gasteiger partial charge < -0.3 is 76.8 Å². The Labute approximate surface area is 127 Å².